The van der Waals surface area contributed by atoms with Crippen molar-refractivity contribution in [3.8, 4) is 17.2 Å². The van der Waals surface area contributed by atoms with Crippen LogP contribution in [0.15, 0.2) is 30.5 Å². The van der Waals surface area contributed by atoms with E-state index in [1.807, 2.05) is 24.4 Å². The Morgan fingerprint density at radius 1 is 1.05 bits per heavy atom. The lowest BCUT2D eigenvalue weighted by molar-refractivity contribution is 0.156. The molecule has 1 aromatic carbocycles. The van der Waals surface area contributed by atoms with Gasteiger partial charge in [-0.05, 0) is 37.5 Å². The van der Waals surface area contributed by atoms with Crippen LogP contribution in [0.3, 0.4) is 0 Å². The van der Waals surface area contributed by atoms with E-state index >= 15 is 0 Å². The van der Waals surface area contributed by atoms with Crippen LogP contribution in [0, 0.1) is 0 Å². The fraction of sp³-hybridized carbons (Fsp3) is 0.412. The Bertz CT molecular complexity index is 662. The van der Waals surface area contributed by atoms with Crippen LogP contribution in [0.4, 0.5) is 0 Å². The summed E-state index contributed by atoms with van der Waals surface area (Å²) < 4.78 is 13.6. The van der Waals surface area contributed by atoms with Gasteiger partial charge in [0, 0.05) is 35.6 Å². The molecular formula is C17H19NO3. The molecule has 1 N–H and O–H groups in total. The number of benzene rings is 1. The second-order valence-electron chi connectivity index (χ2n) is 5.68. The number of aliphatic hydroxyl groups excluding tert-OH is 1. The number of rotatable bonds is 1. The van der Waals surface area contributed by atoms with Gasteiger partial charge in [0.05, 0.1) is 19.3 Å². The Labute approximate surface area is 123 Å². The topological polar surface area (TPSA) is 43.6 Å². The fourth-order valence-electron chi connectivity index (χ4n) is 3.21. The van der Waals surface area contributed by atoms with Gasteiger partial charge in [-0.1, -0.05) is 0 Å². The van der Waals surface area contributed by atoms with Gasteiger partial charge in [0.2, 0.25) is 0 Å². The average Bonchev–Trinajstić information content (AvgIpc) is 2.80. The Morgan fingerprint density at radius 2 is 1.90 bits per heavy atom. The molecule has 0 fully saturated rings. The summed E-state index contributed by atoms with van der Waals surface area (Å²) in [5.74, 6) is 1.63. The van der Waals surface area contributed by atoms with Crippen LogP contribution < -0.4 is 9.47 Å². The summed E-state index contributed by atoms with van der Waals surface area (Å²) in [7, 11) is 0. The summed E-state index contributed by atoms with van der Waals surface area (Å²) in [5, 5.41) is 10.1. The van der Waals surface area contributed by atoms with Crippen molar-refractivity contribution in [1.82, 2.24) is 4.57 Å². The monoisotopic (exact) mass is 285 g/mol. The van der Waals surface area contributed by atoms with E-state index in [9.17, 15) is 5.11 Å². The lowest BCUT2D eigenvalue weighted by atomic mass is 9.95. The van der Waals surface area contributed by atoms with Crippen molar-refractivity contribution in [2.45, 2.75) is 31.8 Å². The molecular weight excluding hydrogens is 266 g/mol. The standard InChI is InChI=1S/C17H19NO3/c19-15-4-1-3-14-13(15)7-8-18(14)12-5-6-16-17(11-12)21-10-2-9-20-16/h5-8,11,15,19H,1-4,9-10H2. The maximum absolute atomic E-state index is 10.1. The molecule has 0 spiro atoms. The van der Waals surface area contributed by atoms with Gasteiger partial charge in [-0.25, -0.2) is 0 Å². The molecule has 0 radical (unpaired) electrons. The predicted octanol–water partition coefficient (Wildman–Crippen LogP) is 3.01. The maximum atomic E-state index is 10.1. The lowest BCUT2D eigenvalue weighted by Gasteiger charge is -2.20. The normalized spacial score (nSPS) is 20.7. The number of aromatic nitrogens is 1. The smallest absolute Gasteiger partial charge is 0.163 e. The summed E-state index contributed by atoms with van der Waals surface area (Å²) in [6.07, 6.45) is 5.53. The zero-order valence-corrected chi connectivity index (χ0v) is 11.9. The first-order valence-electron chi connectivity index (χ1n) is 7.61. The number of nitrogens with zero attached hydrogens (tertiary/aromatic N) is 1. The molecule has 0 saturated heterocycles. The first-order valence-corrected chi connectivity index (χ1v) is 7.61. The quantitative estimate of drug-likeness (QED) is 0.876. The highest BCUT2D eigenvalue weighted by Gasteiger charge is 2.22. The third kappa shape index (κ3) is 2.20. The van der Waals surface area contributed by atoms with E-state index < -0.39 is 0 Å². The van der Waals surface area contributed by atoms with Crippen LogP contribution in [-0.2, 0) is 6.42 Å². The SMILES string of the molecule is OC1CCCc2c1ccn2-c1ccc2c(c1)OCCCO2. The third-order valence-corrected chi connectivity index (χ3v) is 4.29. The van der Waals surface area contributed by atoms with Crippen LogP contribution >= 0.6 is 0 Å². The molecule has 21 heavy (non-hydrogen) atoms. The van der Waals surface area contributed by atoms with Gasteiger partial charge < -0.3 is 19.1 Å². The van der Waals surface area contributed by atoms with Crippen molar-refractivity contribution in [2.75, 3.05) is 13.2 Å². The van der Waals surface area contributed by atoms with E-state index in [-0.39, 0.29) is 6.10 Å². The fourth-order valence-corrected chi connectivity index (χ4v) is 3.21. The highest BCUT2D eigenvalue weighted by Crippen LogP contribution is 2.35. The molecule has 110 valence electrons. The Morgan fingerprint density at radius 3 is 2.81 bits per heavy atom. The van der Waals surface area contributed by atoms with E-state index in [1.54, 1.807) is 0 Å². The molecule has 4 nitrogen and oxygen atoms in total. The summed E-state index contributed by atoms with van der Waals surface area (Å²) in [6.45, 7) is 1.40. The molecule has 0 bridgehead atoms. The van der Waals surface area contributed by atoms with Gasteiger partial charge in [0.25, 0.3) is 0 Å². The molecule has 2 aromatic rings. The van der Waals surface area contributed by atoms with Crippen molar-refractivity contribution < 1.29 is 14.6 Å². The van der Waals surface area contributed by atoms with E-state index in [0.717, 1.165) is 48.4 Å². The van der Waals surface area contributed by atoms with Crippen LogP contribution in [0.25, 0.3) is 5.69 Å². The third-order valence-electron chi connectivity index (χ3n) is 4.29. The van der Waals surface area contributed by atoms with E-state index in [2.05, 4.69) is 10.6 Å². The minimum Gasteiger partial charge on any atom is -0.490 e. The van der Waals surface area contributed by atoms with Crippen LogP contribution in [-0.4, -0.2) is 22.9 Å². The van der Waals surface area contributed by atoms with Crippen molar-refractivity contribution in [1.29, 1.82) is 0 Å². The van der Waals surface area contributed by atoms with Crippen molar-refractivity contribution >= 4 is 0 Å². The van der Waals surface area contributed by atoms with Crippen molar-refractivity contribution in [3.63, 3.8) is 0 Å². The minimum absolute atomic E-state index is 0.324. The van der Waals surface area contributed by atoms with Crippen LogP contribution in [0.2, 0.25) is 0 Å². The highest BCUT2D eigenvalue weighted by atomic mass is 16.5. The Hall–Kier alpha value is -1.94. The van der Waals surface area contributed by atoms with Crippen molar-refractivity contribution in [3.05, 3.63) is 41.7 Å². The first kappa shape index (κ1) is 12.8. The van der Waals surface area contributed by atoms with Crippen LogP contribution in [0.5, 0.6) is 11.5 Å². The average molecular weight is 285 g/mol. The van der Waals surface area contributed by atoms with Crippen molar-refractivity contribution in [2.24, 2.45) is 0 Å². The second-order valence-corrected chi connectivity index (χ2v) is 5.68. The summed E-state index contributed by atoms with van der Waals surface area (Å²) >= 11 is 0. The molecule has 4 rings (SSSR count). The van der Waals surface area contributed by atoms with Gasteiger partial charge >= 0.3 is 0 Å². The highest BCUT2D eigenvalue weighted by molar-refractivity contribution is 5.51. The number of aliphatic hydroxyl groups is 1. The summed E-state index contributed by atoms with van der Waals surface area (Å²) in [4.78, 5) is 0. The molecule has 2 heterocycles. The van der Waals surface area contributed by atoms with E-state index in [1.165, 1.54) is 5.69 Å². The first-order chi connectivity index (χ1) is 10.3. The zero-order valence-electron chi connectivity index (χ0n) is 11.9. The van der Waals surface area contributed by atoms with Gasteiger partial charge in [-0.2, -0.15) is 0 Å². The molecule has 4 heteroatoms. The van der Waals surface area contributed by atoms with Gasteiger partial charge in [0.15, 0.2) is 11.5 Å². The molecule has 1 atom stereocenters. The molecule has 1 unspecified atom stereocenters. The Kier molecular flexibility index (Phi) is 3.11. The largest absolute Gasteiger partial charge is 0.490 e. The number of hydrogen-bond donors (Lipinski definition) is 1. The number of ether oxygens (including phenoxy) is 2. The summed E-state index contributed by atoms with van der Waals surface area (Å²) in [6, 6.07) is 8.08. The number of fused-ring (bicyclic) bond motifs is 2. The van der Waals surface area contributed by atoms with Crippen LogP contribution in [0.1, 0.15) is 36.6 Å². The molecule has 1 aromatic heterocycles. The predicted molar refractivity (Wildman–Crippen MR) is 79.3 cm³/mol. The van der Waals surface area contributed by atoms with E-state index in [4.69, 9.17) is 9.47 Å². The molecule has 2 aliphatic rings. The second kappa shape index (κ2) is 5.11. The van der Waals surface area contributed by atoms with E-state index in [0.29, 0.717) is 13.2 Å². The Balaban J connectivity index is 1.76. The lowest BCUT2D eigenvalue weighted by Crippen LogP contribution is -2.11. The minimum atomic E-state index is -0.324. The maximum Gasteiger partial charge on any atom is 0.163 e. The zero-order chi connectivity index (χ0) is 14.2. The molecule has 1 aliphatic carbocycles. The van der Waals surface area contributed by atoms with Gasteiger partial charge in [-0.15, -0.1) is 0 Å². The van der Waals surface area contributed by atoms with Gasteiger partial charge in [-0.3, -0.25) is 0 Å². The molecule has 0 amide bonds. The van der Waals surface area contributed by atoms with Gasteiger partial charge in [0.1, 0.15) is 0 Å². The molecule has 1 aliphatic heterocycles. The number of hydrogen-bond acceptors (Lipinski definition) is 3. The molecule has 0 saturated carbocycles. The summed E-state index contributed by atoms with van der Waals surface area (Å²) in [5.41, 5.74) is 3.34.